The largest absolute Gasteiger partial charge is 0.438 e. The van der Waals surface area contributed by atoms with Crippen molar-refractivity contribution in [3.05, 3.63) is 16.4 Å². The number of hydrogen-bond acceptors (Lipinski definition) is 3. The zero-order valence-electron chi connectivity index (χ0n) is 8.45. The minimum atomic E-state index is -0.442. The third-order valence-electron chi connectivity index (χ3n) is 3.25. The van der Waals surface area contributed by atoms with Gasteiger partial charge in [0.25, 0.3) is 0 Å². The molecule has 0 aromatic carbocycles. The fourth-order valence-corrected chi connectivity index (χ4v) is 2.30. The molecule has 1 fully saturated rings. The van der Waals surface area contributed by atoms with Crippen molar-refractivity contribution in [1.82, 2.24) is 10.1 Å². The molecule has 1 unspecified atom stereocenters. The summed E-state index contributed by atoms with van der Waals surface area (Å²) in [5.41, 5.74) is 0. The molecule has 0 amide bonds. The van der Waals surface area contributed by atoms with Gasteiger partial charge in [0, 0.05) is 5.92 Å². The average Bonchev–Trinajstić information content (AvgIpc) is 2.65. The van der Waals surface area contributed by atoms with Gasteiger partial charge >= 0.3 is 5.76 Å². The zero-order valence-corrected chi connectivity index (χ0v) is 8.45. The quantitative estimate of drug-likeness (QED) is 0.787. The van der Waals surface area contributed by atoms with Gasteiger partial charge in [-0.25, -0.2) is 4.79 Å². The standard InChI is InChI=1S/C10H16N2O2/c1-7(8-5-3-2-4-6-8)9-11-10(13)14-12-9/h7-8H,2-6H2,1H3,(H,11,12,13). The molecule has 0 radical (unpaired) electrons. The van der Waals surface area contributed by atoms with Crippen LogP contribution in [0.15, 0.2) is 9.32 Å². The summed E-state index contributed by atoms with van der Waals surface area (Å²) in [6.07, 6.45) is 6.44. The van der Waals surface area contributed by atoms with Gasteiger partial charge in [0.05, 0.1) is 0 Å². The van der Waals surface area contributed by atoms with Crippen molar-refractivity contribution >= 4 is 0 Å². The van der Waals surface area contributed by atoms with Crippen molar-refractivity contribution in [2.45, 2.75) is 44.9 Å². The van der Waals surface area contributed by atoms with Crippen LogP contribution in [0.2, 0.25) is 0 Å². The van der Waals surface area contributed by atoms with Gasteiger partial charge in [0.1, 0.15) is 0 Å². The van der Waals surface area contributed by atoms with E-state index in [9.17, 15) is 4.79 Å². The third-order valence-corrected chi connectivity index (χ3v) is 3.25. The third kappa shape index (κ3) is 1.89. The van der Waals surface area contributed by atoms with Gasteiger partial charge in [0.15, 0.2) is 5.82 Å². The number of hydrogen-bond donors (Lipinski definition) is 1. The van der Waals surface area contributed by atoms with E-state index < -0.39 is 5.76 Å². The summed E-state index contributed by atoms with van der Waals surface area (Å²) in [5, 5.41) is 3.75. The van der Waals surface area contributed by atoms with Crippen molar-refractivity contribution in [2.75, 3.05) is 0 Å². The Morgan fingerprint density at radius 3 is 2.71 bits per heavy atom. The summed E-state index contributed by atoms with van der Waals surface area (Å²) in [5.74, 6) is 1.25. The molecule has 0 spiro atoms. The van der Waals surface area contributed by atoms with Gasteiger partial charge in [-0.2, -0.15) is 0 Å². The van der Waals surface area contributed by atoms with Crippen LogP contribution in [0.1, 0.15) is 50.8 Å². The molecule has 1 aromatic heterocycles. The van der Waals surface area contributed by atoms with Crippen LogP contribution >= 0.6 is 0 Å². The van der Waals surface area contributed by atoms with E-state index in [4.69, 9.17) is 0 Å². The molecule has 14 heavy (non-hydrogen) atoms. The minimum Gasteiger partial charge on any atom is -0.296 e. The fraction of sp³-hybridized carbons (Fsp3) is 0.800. The van der Waals surface area contributed by atoms with E-state index in [1.54, 1.807) is 0 Å². The number of aromatic nitrogens is 2. The van der Waals surface area contributed by atoms with Crippen LogP contribution in [0.4, 0.5) is 0 Å². The van der Waals surface area contributed by atoms with Gasteiger partial charge < -0.3 is 0 Å². The molecule has 0 bridgehead atoms. The molecule has 1 aliphatic carbocycles. The monoisotopic (exact) mass is 196 g/mol. The maximum atomic E-state index is 10.8. The van der Waals surface area contributed by atoms with Crippen molar-refractivity contribution in [2.24, 2.45) is 5.92 Å². The summed E-state index contributed by atoms with van der Waals surface area (Å²) >= 11 is 0. The topological polar surface area (TPSA) is 58.9 Å². The molecule has 1 saturated carbocycles. The van der Waals surface area contributed by atoms with E-state index in [1.165, 1.54) is 32.1 Å². The molecule has 1 aromatic rings. The molecule has 1 heterocycles. The van der Waals surface area contributed by atoms with Crippen LogP contribution in [0, 0.1) is 5.92 Å². The molecule has 1 atom stereocenters. The van der Waals surface area contributed by atoms with Crippen molar-refractivity contribution in [3.8, 4) is 0 Å². The smallest absolute Gasteiger partial charge is 0.296 e. The molecular weight excluding hydrogens is 180 g/mol. The van der Waals surface area contributed by atoms with E-state index in [0.717, 1.165) is 0 Å². The first kappa shape index (κ1) is 9.49. The Kier molecular flexibility index (Phi) is 2.70. The predicted octanol–water partition coefficient (Wildman–Crippen LogP) is 2.05. The first-order valence-corrected chi connectivity index (χ1v) is 5.33. The van der Waals surface area contributed by atoms with Crippen LogP contribution < -0.4 is 5.76 Å². The molecule has 78 valence electrons. The van der Waals surface area contributed by atoms with Gasteiger partial charge in [-0.05, 0) is 18.8 Å². The lowest BCUT2D eigenvalue weighted by Gasteiger charge is -2.25. The summed E-state index contributed by atoms with van der Waals surface area (Å²) in [6.45, 7) is 2.11. The van der Waals surface area contributed by atoms with Crippen LogP contribution in [0.5, 0.6) is 0 Å². The van der Waals surface area contributed by atoms with Crippen LogP contribution in [-0.2, 0) is 0 Å². The first-order chi connectivity index (χ1) is 6.77. The number of H-pyrrole nitrogens is 1. The molecule has 4 heteroatoms. The van der Waals surface area contributed by atoms with Gasteiger partial charge in [-0.3, -0.25) is 9.51 Å². The Balaban J connectivity index is 2.06. The molecule has 0 saturated heterocycles. The lowest BCUT2D eigenvalue weighted by Crippen LogP contribution is -2.15. The van der Waals surface area contributed by atoms with E-state index in [-0.39, 0.29) is 0 Å². The van der Waals surface area contributed by atoms with Crippen molar-refractivity contribution in [1.29, 1.82) is 0 Å². The lowest BCUT2D eigenvalue weighted by molar-refractivity contribution is 0.300. The van der Waals surface area contributed by atoms with Crippen molar-refractivity contribution < 1.29 is 4.52 Å². The highest BCUT2D eigenvalue weighted by atomic mass is 16.5. The van der Waals surface area contributed by atoms with E-state index >= 15 is 0 Å². The number of rotatable bonds is 2. The lowest BCUT2D eigenvalue weighted by atomic mass is 9.80. The second kappa shape index (κ2) is 3.98. The zero-order chi connectivity index (χ0) is 9.97. The first-order valence-electron chi connectivity index (χ1n) is 5.33. The van der Waals surface area contributed by atoms with Gasteiger partial charge in [-0.15, -0.1) is 0 Å². The molecule has 2 rings (SSSR count). The second-order valence-corrected chi connectivity index (χ2v) is 4.17. The fourth-order valence-electron chi connectivity index (χ4n) is 2.30. The Labute approximate surface area is 82.7 Å². The predicted molar refractivity (Wildman–Crippen MR) is 52.1 cm³/mol. The van der Waals surface area contributed by atoms with Gasteiger partial charge in [-0.1, -0.05) is 31.3 Å². The summed E-state index contributed by atoms with van der Waals surface area (Å²) in [6, 6.07) is 0. The summed E-state index contributed by atoms with van der Waals surface area (Å²) in [7, 11) is 0. The Bertz CT molecular complexity index is 336. The molecule has 4 nitrogen and oxygen atoms in total. The number of aromatic amines is 1. The van der Waals surface area contributed by atoms with E-state index in [1.807, 2.05) is 0 Å². The van der Waals surface area contributed by atoms with Crippen molar-refractivity contribution in [3.63, 3.8) is 0 Å². The van der Waals surface area contributed by atoms with Crippen LogP contribution in [0.25, 0.3) is 0 Å². The highest BCUT2D eigenvalue weighted by Crippen LogP contribution is 2.33. The highest BCUT2D eigenvalue weighted by molar-refractivity contribution is 4.93. The maximum Gasteiger partial charge on any atom is 0.438 e. The van der Waals surface area contributed by atoms with E-state index in [2.05, 4.69) is 21.6 Å². The van der Waals surface area contributed by atoms with E-state index in [0.29, 0.717) is 17.7 Å². The SMILES string of the molecule is CC(c1noc(=O)[nH]1)C1CCCCC1. The average molecular weight is 196 g/mol. The molecule has 1 N–H and O–H groups in total. The Morgan fingerprint density at radius 2 is 2.14 bits per heavy atom. The summed E-state index contributed by atoms with van der Waals surface area (Å²) in [4.78, 5) is 13.4. The Morgan fingerprint density at radius 1 is 1.43 bits per heavy atom. The minimum absolute atomic E-state index is 0.321. The van der Waals surface area contributed by atoms with Crippen LogP contribution in [-0.4, -0.2) is 10.1 Å². The maximum absolute atomic E-state index is 10.8. The molecule has 0 aliphatic heterocycles. The number of nitrogens with one attached hydrogen (secondary N) is 1. The van der Waals surface area contributed by atoms with Gasteiger partial charge in [0.2, 0.25) is 0 Å². The molecular formula is C10H16N2O2. The summed E-state index contributed by atoms with van der Waals surface area (Å²) < 4.78 is 4.52. The van der Waals surface area contributed by atoms with Crippen LogP contribution in [0.3, 0.4) is 0 Å². The highest BCUT2D eigenvalue weighted by Gasteiger charge is 2.23. The second-order valence-electron chi connectivity index (χ2n) is 4.17. The normalized spacial score (nSPS) is 20.9. The number of nitrogens with zero attached hydrogens (tertiary/aromatic N) is 1. The molecule has 1 aliphatic rings. The Hall–Kier alpha value is -1.06.